The molecule has 7 nitrogen and oxygen atoms in total. The summed E-state index contributed by atoms with van der Waals surface area (Å²) in [5.41, 5.74) is 5.28. The van der Waals surface area contributed by atoms with Crippen LogP contribution in [0.3, 0.4) is 0 Å². The molecule has 0 saturated heterocycles. The van der Waals surface area contributed by atoms with Crippen LogP contribution < -0.4 is 10.2 Å². The van der Waals surface area contributed by atoms with E-state index in [1.54, 1.807) is 17.5 Å². The summed E-state index contributed by atoms with van der Waals surface area (Å²) in [6.07, 6.45) is 8.33. The molecule has 1 fully saturated rings. The van der Waals surface area contributed by atoms with E-state index in [0.29, 0.717) is 23.4 Å². The molecule has 1 saturated carbocycles. The smallest absolute Gasteiger partial charge is 0.254 e. The highest BCUT2D eigenvalue weighted by Crippen LogP contribution is 2.36. The molecule has 37 heavy (non-hydrogen) atoms. The molecule has 1 aromatic heterocycles. The second-order valence-corrected chi connectivity index (χ2v) is 11.4. The van der Waals surface area contributed by atoms with Crippen molar-refractivity contribution >= 4 is 34.6 Å². The molecule has 0 bridgehead atoms. The van der Waals surface area contributed by atoms with Crippen molar-refractivity contribution in [3.05, 3.63) is 46.5 Å². The van der Waals surface area contributed by atoms with E-state index in [1.165, 1.54) is 12.8 Å². The number of benzene rings is 1. The highest BCUT2D eigenvalue weighted by Gasteiger charge is 2.29. The number of carbonyl (C=O) groups excluding carboxylic acids is 2. The molecule has 0 radical (unpaired) electrons. The molecule has 2 aromatic rings. The molecule has 1 atom stereocenters. The molecular formula is C29H39N5O2S. The summed E-state index contributed by atoms with van der Waals surface area (Å²) in [7, 11) is 4.33. The summed E-state index contributed by atoms with van der Waals surface area (Å²) in [5, 5.41) is 5.89. The summed E-state index contributed by atoms with van der Waals surface area (Å²) >= 11 is 1.57. The van der Waals surface area contributed by atoms with Crippen LogP contribution in [0, 0.1) is 12.8 Å². The predicted molar refractivity (Wildman–Crippen MR) is 153 cm³/mol. The fourth-order valence-electron chi connectivity index (χ4n) is 5.68. The Kier molecular flexibility index (Phi) is 8.60. The van der Waals surface area contributed by atoms with Gasteiger partial charge in [0, 0.05) is 59.3 Å². The van der Waals surface area contributed by atoms with E-state index in [9.17, 15) is 9.59 Å². The SMILES string of the molecule is CCN(c1cc(-c2nccs2)cc(C(=O)NCC2C(=O)N=C(C)C=C2C)c1C)C1CCC(N(C)C)CC1. The van der Waals surface area contributed by atoms with E-state index in [2.05, 4.69) is 52.2 Å². The van der Waals surface area contributed by atoms with Crippen LogP contribution in [0.25, 0.3) is 10.6 Å². The van der Waals surface area contributed by atoms with Crippen LogP contribution in [0.1, 0.15) is 62.4 Å². The summed E-state index contributed by atoms with van der Waals surface area (Å²) < 4.78 is 0. The summed E-state index contributed by atoms with van der Waals surface area (Å²) in [6, 6.07) is 5.21. The Morgan fingerprint density at radius 2 is 1.81 bits per heavy atom. The van der Waals surface area contributed by atoms with Crippen molar-refractivity contribution in [2.24, 2.45) is 10.9 Å². The molecule has 1 aliphatic heterocycles. The normalized spacial score (nSPS) is 22.0. The Morgan fingerprint density at radius 1 is 1.11 bits per heavy atom. The zero-order valence-electron chi connectivity index (χ0n) is 22.9. The van der Waals surface area contributed by atoms with Crippen molar-refractivity contribution in [3.8, 4) is 10.6 Å². The molecule has 1 unspecified atom stereocenters. The quantitative estimate of drug-likeness (QED) is 0.522. The van der Waals surface area contributed by atoms with Gasteiger partial charge in [0.15, 0.2) is 0 Å². The third kappa shape index (κ3) is 6.02. The van der Waals surface area contributed by atoms with Crippen molar-refractivity contribution in [2.45, 2.75) is 65.5 Å². The van der Waals surface area contributed by atoms with Crippen molar-refractivity contribution in [1.29, 1.82) is 0 Å². The Hall–Kier alpha value is -2.84. The lowest BCUT2D eigenvalue weighted by Gasteiger charge is -2.40. The van der Waals surface area contributed by atoms with Gasteiger partial charge in [0.05, 0.1) is 5.92 Å². The molecule has 1 aromatic carbocycles. The Bertz CT molecular complexity index is 1190. The van der Waals surface area contributed by atoms with E-state index in [4.69, 9.17) is 0 Å². The maximum atomic E-state index is 13.5. The minimum Gasteiger partial charge on any atom is -0.369 e. The molecular weight excluding hydrogens is 482 g/mol. The number of anilines is 1. The first-order valence-electron chi connectivity index (χ1n) is 13.2. The third-order valence-electron chi connectivity index (χ3n) is 7.83. The largest absolute Gasteiger partial charge is 0.369 e. The van der Waals surface area contributed by atoms with Crippen LogP contribution in [-0.2, 0) is 4.79 Å². The number of aromatic nitrogens is 1. The number of thiazole rings is 1. The number of nitrogens with zero attached hydrogens (tertiary/aromatic N) is 4. The number of carbonyl (C=O) groups is 2. The number of aliphatic imine (C=N–C) groups is 1. The minimum atomic E-state index is -0.423. The second-order valence-electron chi connectivity index (χ2n) is 10.5. The van der Waals surface area contributed by atoms with Crippen LogP contribution in [0.15, 0.2) is 40.4 Å². The van der Waals surface area contributed by atoms with Crippen molar-refractivity contribution < 1.29 is 9.59 Å². The van der Waals surface area contributed by atoms with Crippen molar-refractivity contribution in [3.63, 3.8) is 0 Å². The Labute approximate surface area is 224 Å². The fourth-order valence-corrected chi connectivity index (χ4v) is 6.31. The molecule has 1 N–H and O–H groups in total. The predicted octanol–water partition coefficient (Wildman–Crippen LogP) is 5.11. The zero-order valence-corrected chi connectivity index (χ0v) is 23.7. The molecule has 4 rings (SSSR count). The number of nitrogens with one attached hydrogen (secondary N) is 1. The molecule has 0 spiro atoms. The van der Waals surface area contributed by atoms with Gasteiger partial charge in [0.25, 0.3) is 11.8 Å². The summed E-state index contributed by atoms with van der Waals surface area (Å²) in [5.74, 6) is -0.790. The maximum Gasteiger partial charge on any atom is 0.254 e. The molecule has 2 amide bonds. The summed E-state index contributed by atoms with van der Waals surface area (Å²) in [6.45, 7) is 9.08. The van der Waals surface area contributed by atoms with E-state index in [-0.39, 0.29) is 18.4 Å². The van der Waals surface area contributed by atoms with Crippen molar-refractivity contribution in [2.75, 3.05) is 32.1 Å². The third-order valence-corrected chi connectivity index (χ3v) is 8.65. The Balaban J connectivity index is 1.62. The van der Waals surface area contributed by atoms with Crippen LogP contribution in [0.2, 0.25) is 0 Å². The molecule has 2 aliphatic rings. The Morgan fingerprint density at radius 3 is 2.41 bits per heavy atom. The van der Waals surface area contributed by atoms with Gasteiger partial charge in [-0.1, -0.05) is 5.57 Å². The standard InChI is InChI=1S/C29H39N5O2S/c1-7-34(23-10-8-22(9-11-23)33(5)6)26-16-21(29-30-12-13-37-29)15-24(20(26)4)27(35)31-17-25-18(2)14-19(3)32-28(25)36/h12-16,22-23,25H,7-11,17H2,1-6H3,(H,31,35). The van der Waals surface area contributed by atoms with Gasteiger partial charge in [0.1, 0.15) is 5.01 Å². The second kappa shape index (κ2) is 11.7. The van der Waals surface area contributed by atoms with Crippen molar-refractivity contribution in [1.82, 2.24) is 15.2 Å². The first kappa shape index (κ1) is 27.2. The van der Waals surface area contributed by atoms with E-state index < -0.39 is 5.92 Å². The highest BCUT2D eigenvalue weighted by molar-refractivity contribution is 7.13. The van der Waals surface area contributed by atoms with Crippen LogP contribution in [-0.4, -0.2) is 66.7 Å². The van der Waals surface area contributed by atoms with Gasteiger partial charge >= 0.3 is 0 Å². The van der Waals surface area contributed by atoms with Gasteiger partial charge in [-0.2, -0.15) is 0 Å². The molecule has 198 valence electrons. The maximum absolute atomic E-state index is 13.5. The van der Waals surface area contributed by atoms with Gasteiger partial charge in [-0.3, -0.25) is 9.59 Å². The monoisotopic (exact) mass is 521 g/mol. The van der Waals surface area contributed by atoms with Gasteiger partial charge in [-0.25, -0.2) is 9.98 Å². The summed E-state index contributed by atoms with van der Waals surface area (Å²) in [4.78, 5) is 39.4. The lowest BCUT2D eigenvalue weighted by molar-refractivity contribution is -0.120. The first-order chi connectivity index (χ1) is 17.7. The van der Waals surface area contributed by atoms with Gasteiger partial charge < -0.3 is 15.1 Å². The van der Waals surface area contributed by atoms with E-state index in [1.807, 2.05) is 38.3 Å². The first-order valence-corrected chi connectivity index (χ1v) is 14.1. The average molecular weight is 522 g/mol. The number of dihydropyridines is 1. The van der Waals surface area contributed by atoms with Gasteiger partial charge in [-0.05, 0) is 91.2 Å². The van der Waals surface area contributed by atoms with Crippen LogP contribution in [0.5, 0.6) is 0 Å². The fraction of sp³-hybridized carbons (Fsp3) is 0.517. The van der Waals surface area contributed by atoms with Crippen LogP contribution in [0.4, 0.5) is 5.69 Å². The van der Waals surface area contributed by atoms with E-state index in [0.717, 1.165) is 46.8 Å². The van der Waals surface area contributed by atoms with E-state index >= 15 is 0 Å². The molecule has 1 aliphatic carbocycles. The van der Waals surface area contributed by atoms with Gasteiger partial charge in [0.2, 0.25) is 0 Å². The number of amides is 2. The average Bonchev–Trinajstić information content (AvgIpc) is 3.40. The topological polar surface area (TPSA) is 77.9 Å². The lowest BCUT2D eigenvalue weighted by atomic mass is 9.88. The molecule has 8 heteroatoms. The van der Waals surface area contributed by atoms with Gasteiger partial charge in [-0.15, -0.1) is 11.3 Å². The number of hydrogen-bond acceptors (Lipinski definition) is 6. The number of rotatable bonds is 8. The van der Waals surface area contributed by atoms with Crippen LogP contribution >= 0.6 is 11.3 Å². The number of hydrogen-bond donors (Lipinski definition) is 1. The highest BCUT2D eigenvalue weighted by atomic mass is 32.1. The minimum absolute atomic E-state index is 0.170. The lowest BCUT2D eigenvalue weighted by Crippen LogP contribution is -2.42. The number of allylic oxidation sites excluding steroid dienone is 1. The zero-order chi connectivity index (χ0) is 26.7. The molecule has 2 heterocycles.